The van der Waals surface area contributed by atoms with E-state index in [1.807, 2.05) is 19.1 Å². The highest BCUT2D eigenvalue weighted by Gasteiger charge is 2.30. The molecule has 122 valence electrons. The number of pyridine rings is 1. The van der Waals surface area contributed by atoms with Gasteiger partial charge in [0.1, 0.15) is 5.82 Å². The summed E-state index contributed by atoms with van der Waals surface area (Å²) in [6.07, 6.45) is -3.67. The van der Waals surface area contributed by atoms with Crippen LogP contribution in [0, 0.1) is 6.92 Å². The highest BCUT2D eigenvalue weighted by molar-refractivity contribution is 5.93. The van der Waals surface area contributed by atoms with Gasteiger partial charge in [-0.05, 0) is 31.2 Å². The predicted octanol–water partition coefficient (Wildman–Crippen LogP) is 3.48. The zero-order valence-electron chi connectivity index (χ0n) is 12.7. The highest BCUT2D eigenvalue weighted by atomic mass is 19.4. The summed E-state index contributed by atoms with van der Waals surface area (Å²) < 4.78 is 37.5. The number of likely N-dealkylation sites (N-methyl/N-ethyl adjacent to an activating group) is 1. The molecule has 0 spiro atoms. The standard InChI is InChI=1S/C16H16F3N3O/c1-11-3-6-13(7-4-11)21-15(23)10-22(2)14-8-5-12(9-20-14)16(17,18)19/h3-9H,10H2,1-2H3,(H,21,23). The van der Waals surface area contributed by atoms with Crippen molar-refractivity contribution in [3.8, 4) is 0 Å². The van der Waals surface area contributed by atoms with Crippen LogP contribution in [0.1, 0.15) is 11.1 Å². The van der Waals surface area contributed by atoms with Crippen molar-refractivity contribution in [1.82, 2.24) is 4.98 Å². The van der Waals surface area contributed by atoms with Crippen molar-refractivity contribution in [2.24, 2.45) is 0 Å². The van der Waals surface area contributed by atoms with Gasteiger partial charge in [-0.3, -0.25) is 4.79 Å². The van der Waals surface area contributed by atoms with Gasteiger partial charge >= 0.3 is 6.18 Å². The van der Waals surface area contributed by atoms with Crippen LogP contribution in [0.15, 0.2) is 42.6 Å². The molecule has 1 aromatic heterocycles. The average molecular weight is 323 g/mol. The van der Waals surface area contributed by atoms with E-state index in [1.54, 1.807) is 19.2 Å². The van der Waals surface area contributed by atoms with Crippen molar-refractivity contribution in [3.05, 3.63) is 53.7 Å². The Bertz CT molecular complexity index is 666. The molecule has 1 aromatic carbocycles. The van der Waals surface area contributed by atoms with Gasteiger partial charge in [-0.25, -0.2) is 4.98 Å². The van der Waals surface area contributed by atoms with E-state index in [0.29, 0.717) is 5.69 Å². The summed E-state index contributed by atoms with van der Waals surface area (Å²) in [6, 6.07) is 9.49. The minimum atomic E-state index is -4.42. The molecule has 1 heterocycles. The maximum Gasteiger partial charge on any atom is 0.417 e. The van der Waals surface area contributed by atoms with Gasteiger partial charge in [0.2, 0.25) is 5.91 Å². The molecule has 23 heavy (non-hydrogen) atoms. The monoisotopic (exact) mass is 323 g/mol. The third kappa shape index (κ3) is 4.70. The van der Waals surface area contributed by atoms with Gasteiger partial charge in [0, 0.05) is 18.9 Å². The van der Waals surface area contributed by atoms with Crippen molar-refractivity contribution < 1.29 is 18.0 Å². The Kier molecular flexibility index (Phi) is 4.88. The zero-order valence-corrected chi connectivity index (χ0v) is 12.7. The van der Waals surface area contributed by atoms with Gasteiger partial charge in [-0.2, -0.15) is 13.2 Å². The van der Waals surface area contributed by atoms with Gasteiger partial charge in [-0.15, -0.1) is 0 Å². The summed E-state index contributed by atoms with van der Waals surface area (Å²) in [5, 5.41) is 2.72. The molecule has 0 saturated heterocycles. The van der Waals surface area contributed by atoms with Crippen LogP contribution in [0.4, 0.5) is 24.7 Å². The summed E-state index contributed by atoms with van der Waals surface area (Å²) in [5.74, 6) is 0.00936. The number of anilines is 2. The minimum absolute atomic E-state index is 0.0216. The van der Waals surface area contributed by atoms with E-state index in [1.165, 1.54) is 11.0 Å². The number of amides is 1. The normalized spacial score (nSPS) is 11.2. The third-order valence-corrected chi connectivity index (χ3v) is 3.18. The number of nitrogens with zero attached hydrogens (tertiary/aromatic N) is 2. The van der Waals surface area contributed by atoms with Gasteiger partial charge in [0.25, 0.3) is 0 Å². The van der Waals surface area contributed by atoms with Crippen molar-refractivity contribution >= 4 is 17.4 Å². The first-order valence-corrected chi connectivity index (χ1v) is 6.86. The number of hydrogen-bond donors (Lipinski definition) is 1. The predicted molar refractivity (Wildman–Crippen MR) is 82.3 cm³/mol. The quantitative estimate of drug-likeness (QED) is 0.937. The summed E-state index contributed by atoms with van der Waals surface area (Å²) in [5.41, 5.74) is 0.919. The van der Waals surface area contributed by atoms with E-state index < -0.39 is 11.7 Å². The molecule has 0 fully saturated rings. The molecule has 4 nitrogen and oxygen atoms in total. The Balaban J connectivity index is 1.96. The second-order valence-corrected chi connectivity index (χ2v) is 5.17. The number of aromatic nitrogens is 1. The molecule has 0 saturated carbocycles. The largest absolute Gasteiger partial charge is 0.417 e. The van der Waals surface area contributed by atoms with E-state index in [9.17, 15) is 18.0 Å². The first-order valence-electron chi connectivity index (χ1n) is 6.86. The van der Waals surface area contributed by atoms with E-state index in [0.717, 1.165) is 17.8 Å². The Labute approximate surface area is 132 Å². The molecule has 0 radical (unpaired) electrons. The van der Waals surface area contributed by atoms with Crippen molar-refractivity contribution in [2.45, 2.75) is 13.1 Å². The van der Waals surface area contributed by atoms with Crippen LogP contribution in [0.2, 0.25) is 0 Å². The van der Waals surface area contributed by atoms with Crippen LogP contribution >= 0.6 is 0 Å². The molecule has 2 rings (SSSR count). The van der Waals surface area contributed by atoms with E-state index in [-0.39, 0.29) is 18.3 Å². The Morgan fingerprint density at radius 2 is 1.83 bits per heavy atom. The fourth-order valence-corrected chi connectivity index (χ4v) is 1.91. The van der Waals surface area contributed by atoms with Gasteiger partial charge in [-0.1, -0.05) is 17.7 Å². The van der Waals surface area contributed by atoms with Crippen molar-refractivity contribution in [3.63, 3.8) is 0 Å². The van der Waals surface area contributed by atoms with Crippen LogP contribution in [-0.2, 0) is 11.0 Å². The number of nitrogens with one attached hydrogen (secondary N) is 1. The third-order valence-electron chi connectivity index (χ3n) is 3.18. The number of rotatable bonds is 4. The second-order valence-electron chi connectivity index (χ2n) is 5.17. The first-order chi connectivity index (χ1) is 10.8. The second kappa shape index (κ2) is 6.68. The van der Waals surface area contributed by atoms with Gasteiger partial charge in [0.05, 0.1) is 12.1 Å². The summed E-state index contributed by atoms with van der Waals surface area (Å²) >= 11 is 0. The van der Waals surface area contributed by atoms with Crippen LogP contribution in [0.5, 0.6) is 0 Å². The molecular weight excluding hydrogens is 307 g/mol. The lowest BCUT2D eigenvalue weighted by molar-refractivity contribution is -0.137. The topological polar surface area (TPSA) is 45.2 Å². The maximum atomic E-state index is 12.5. The number of alkyl halides is 3. The Hall–Kier alpha value is -2.57. The number of carbonyl (C=O) groups is 1. The fourth-order valence-electron chi connectivity index (χ4n) is 1.91. The van der Waals surface area contributed by atoms with Crippen LogP contribution in [-0.4, -0.2) is 24.5 Å². The number of hydrogen-bond acceptors (Lipinski definition) is 3. The molecule has 0 bridgehead atoms. The number of aryl methyl sites for hydroxylation is 1. The lowest BCUT2D eigenvalue weighted by Gasteiger charge is -2.18. The molecule has 0 unspecified atom stereocenters. The lowest BCUT2D eigenvalue weighted by atomic mass is 10.2. The average Bonchev–Trinajstić information content (AvgIpc) is 2.49. The summed E-state index contributed by atoms with van der Waals surface area (Å²) in [4.78, 5) is 17.2. The summed E-state index contributed by atoms with van der Waals surface area (Å²) in [6.45, 7) is 1.92. The Morgan fingerprint density at radius 3 is 2.35 bits per heavy atom. The highest BCUT2D eigenvalue weighted by Crippen LogP contribution is 2.29. The number of benzene rings is 1. The number of carbonyl (C=O) groups excluding carboxylic acids is 1. The Morgan fingerprint density at radius 1 is 1.17 bits per heavy atom. The minimum Gasteiger partial charge on any atom is -0.350 e. The van der Waals surface area contributed by atoms with Crippen LogP contribution < -0.4 is 10.2 Å². The van der Waals surface area contributed by atoms with Gasteiger partial charge < -0.3 is 10.2 Å². The number of halogens is 3. The molecule has 7 heteroatoms. The van der Waals surface area contributed by atoms with E-state index >= 15 is 0 Å². The molecule has 2 aromatic rings. The molecular formula is C16H16F3N3O. The van der Waals surface area contributed by atoms with Crippen LogP contribution in [0.25, 0.3) is 0 Å². The smallest absolute Gasteiger partial charge is 0.350 e. The van der Waals surface area contributed by atoms with Gasteiger partial charge in [0.15, 0.2) is 0 Å². The summed E-state index contributed by atoms with van der Waals surface area (Å²) in [7, 11) is 1.59. The molecule has 0 aliphatic heterocycles. The zero-order chi connectivity index (χ0) is 17.0. The lowest BCUT2D eigenvalue weighted by Crippen LogP contribution is -2.30. The molecule has 0 atom stereocenters. The molecule has 0 aliphatic rings. The fraction of sp³-hybridized carbons (Fsp3) is 0.250. The van der Waals surface area contributed by atoms with E-state index in [4.69, 9.17) is 0 Å². The van der Waals surface area contributed by atoms with Crippen molar-refractivity contribution in [1.29, 1.82) is 0 Å². The molecule has 1 N–H and O–H groups in total. The van der Waals surface area contributed by atoms with Crippen molar-refractivity contribution in [2.75, 3.05) is 23.8 Å². The SMILES string of the molecule is Cc1ccc(NC(=O)CN(C)c2ccc(C(F)(F)F)cn2)cc1. The van der Waals surface area contributed by atoms with E-state index in [2.05, 4.69) is 10.3 Å². The molecule has 0 aliphatic carbocycles. The molecule has 1 amide bonds. The van der Waals surface area contributed by atoms with Crippen LogP contribution in [0.3, 0.4) is 0 Å². The first kappa shape index (κ1) is 16.8. The maximum absolute atomic E-state index is 12.5.